The van der Waals surface area contributed by atoms with Crippen LogP contribution in [-0.4, -0.2) is 36.7 Å². The quantitative estimate of drug-likeness (QED) is 0.514. The summed E-state index contributed by atoms with van der Waals surface area (Å²) in [4.78, 5) is 12.4. The van der Waals surface area contributed by atoms with E-state index in [1.807, 2.05) is 41.2 Å². The lowest BCUT2D eigenvalue weighted by molar-refractivity contribution is 0.539. The van der Waals surface area contributed by atoms with Crippen molar-refractivity contribution in [1.29, 1.82) is 0 Å². The average molecular weight is 399 g/mol. The fraction of sp³-hybridized carbons (Fsp3) is 0.316. The Labute approximate surface area is 166 Å². The van der Waals surface area contributed by atoms with Crippen molar-refractivity contribution in [3.8, 4) is 11.3 Å². The van der Waals surface area contributed by atoms with Crippen molar-refractivity contribution in [2.24, 2.45) is 0 Å². The second-order valence-electron chi connectivity index (χ2n) is 6.86. The van der Waals surface area contributed by atoms with Crippen molar-refractivity contribution >= 4 is 33.0 Å². The van der Waals surface area contributed by atoms with Crippen molar-refractivity contribution in [2.75, 3.05) is 11.4 Å². The van der Waals surface area contributed by atoms with Gasteiger partial charge in [0.25, 0.3) is 0 Å². The number of aromatic nitrogens is 5. The Kier molecular flexibility index (Phi) is 4.13. The highest BCUT2D eigenvalue weighted by molar-refractivity contribution is 7.20. The maximum Gasteiger partial charge on any atom is 0.214 e. The number of nitrogens with zero attached hydrogens (tertiary/aromatic N) is 6. The Bertz CT molecular complexity index is 1050. The average Bonchev–Trinajstić information content (AvgIpc) is 3.40. The SMILES string of the molecule is Cc1nccn1CC1CCCN1c1nn2cc(-c3ccc(Cl)cc3)nc2s1. The van der Waals surface area contributed by atoms with E-state index in [4.69, 9.17) is 21.7 Å². The van der Waals surface area contributed by atoms with Crippen LogP contribution in [0.5, 0.6) is 0 Å². The van der Waals surface area contributed by atoms with E-state index < -0.39 is 0 Å². The van der Waals surface area contributed by atoms with Crippen LogP contribution >= 0.6 is 22.9 Å². The molecular formula is C19H19ClN6S. The van der Waals surface area contributed by atoms with E-state index >= 15 is 0 Å². The van der Waals surface area contributed by atoms with Crippen molar-refractivity contribution < 1.29 is 0 Å². The molecule has 0 radical (unpaired) electrons. The van der Waals surface area contributed by atoms with E-state index in [1.165, 1.54) is 12.8 Å². The molecular weight excluding hydrogens is 380 g/mol. The summed E-state index contributed by atoms with van der Waals surface area (Å²) in [6.45, 7) is 4.04. The summed E-state index contributed by atoms with van der Waals surface area (Å²) in [7, 11) is 0. The van der Waals surface area contributed by atoms with E-state index in [9.17, 15) is 0 Å². The monoisotopic (exact) mass is 398 g/mol. The van der Waals surface area contributed by atoms with Crippen LogP contribution < -0.4 is 4.90 Å². The van der Waals surface area contributed by atoms with Crippen LogP contribution in [0.25, 0.3) is 16.2 Å². The third-order valence-corrected chi connectivity index (χ3v) is 6.34. The molecule has 1 atom stereocenters. The molecule has 1 fully saturated rings. The molecule has 0 amide bonds. The molecule has 1 aliphatic heterocycles. The molecule has 3 aromatic heterocycles. The van der Waals surface area contributed by atoms with Gasteiger partial charge in [-0.05, 0) is 31.9 Å². The van der Waals surface area contributed by atoms with Crippen LogP contribution in [-0.2, 0) is 6.54 Å². The minimum atomic E-state index is 0.449. The lowest BCUT2D eigenvalue weighted by Gasteiger charge is -2.24. The second kappa shape index (κ2) is 6.65. The number of rotatable bonds is 4. The molecule has 138 valence electrons. The molecule has 4 heterocycles. The van der Waals surface area contributed by atoms with Gasteiger partial charge in [-0.25, -0.2) is 14.5 Å². The van der Waals surface area contributed by atoms with Crippen LogP contribution in [0.3, 0.4) is 0 Å². The van der Waals surface area contributed by atoms with Gasteiger partial charge >= 0.3 is 0 Å². The zero-order valence-corrected chi connectivity index (χ0v) is 16.5. The number of aryl methyl sites for hydroxylation is 1. The first-order chi connectivity index (χ1) is 13.2. The third kappa shape index (κ3) is 3.11. The highest BCUT2D eigenvalue weighted by atomic mass is 35.5. The highest BCUT2D eigenvalue weighted by Gasteiger charge is 2.28. The Morgan fingerprint density at radius 3 is 2.85 bits per heavy atom. The predicted octanol–water partition coefficient (Wildman–Crippen LogP) is 4.29. The molecule has 1 aliphatic rings. The van der Waals surface area contributed by atoms with E-state index in [0.717, 1.165) is 45.3 Å². The van der Waals surface area contributed by atoms with Crippen LogP contribution in [0.2, 0.25) is 5.02 Å². The van der Waals surface area contributed by atoms with Gasteiger partial charge in [0.15, 0.2) is 0 Å². The van der Waals surface area contributed by atoms with Gasteiger partial charge in [0.05, 0.1) is 11.9 Å². The summed E-state index contributed by atoms with van der Waals surface area (Å²) in [5.41, 5.74) is 1.97. The molecule has 5 rings (SSSR count). The number of halogens is 1. The second-order valence-corrected chi connectivity index (χ2v) is 8.23. The largest absolute Gasteiger partial charge is 0.342 e. The summed E-state index contributed by atoms with van der Waals surface area (Å²) in [5.74, 6) is 1.06. The minimum Gasteiger partial charge on any atom is -0.342 e. The van der Waals surface area contributed by atoms with E-state index in [0.29, 0.717) is 6.04 Å². The summed E-state index contributed by atoms with van der Waals surface area (Å²) in [6.07, 6.45) is 8.28. The van der Waals surface area contributed by atoms with E-state index in [1.54, 1.807) is 11.3 Å². The van der Waals surface area contributed by atoms with Crippen LogP contribution in [0, 0.1) is 6.92 Å². The van der Waals surface area contributed by atoms with Gasteiger partial charge in [0, 0.05) is 42.1 Å². The predicted molar refractivity (Wildman–Crippen MR) is 109 cm³/mol. The maximum atomic E-state index is 5.98. The first kappa shape index (κ1) is 16.8. The summed E-state index contributed by atoms with van der Waals surface area (Å²) < 4.78 is 4.11. The minimum absolute atomic E-state index is 0.449. The lowest BCUT2D eigenvalue weighted by atomic mass is 10.2. The zero-order chi connectivity index (χ0) is 18.4. The lowest BCUT2D eigenvalue weighted by Crippen LogP contribution is -2.33. The van der Waals surface area contributed by atoms with Gasteiger partial charge in [-0.1, -0.05) is 35.1 Å². The first-order valence-corrected chi connectivity index (χ1v) is 10.2. The molecule has 1 aromatic carbocycles. The van der Waals surface area contributed by atoms with Crippen LogP contribution in [0.4, 0.5) is 5.13 Å². The summed E-state index contributed by atoms with van der Waals surface area (Å²) >= 11 is 7.63. The Balaban J connectivity index is 1.40. The Morgan fingerprint density at radius 2 is 2.11 bits per heavy atom. The number of fused-ring (bicyclic) bond motifs is 1. The van der Waals surface area contributed by atoms with E-state index in [2.05, 4.69) is 27.6 Å². The Morgan fingerprint density at radius 1 is 1.26 bits per heavy atom. The number of anilines is 1. The number of hydrogen-bond acceptors (Lipinski definition) is 5. The summed E-state index contributed by atoms with van der Waals surface area (Å²) in [5, 5.41) is 6.58. The number of hydrogen-bond donors (Lipinski definition) is 0. The smallest absolute Gasteiger partial charge is 0.214 e. The van der Waals surface area contributed by atoms with Gasteiger partial charge in [0.2, 0.25) is 10.1 Å². The molecule has 4 aromatic rings. The van der Waals surface area contributed by atoms with Crippen LogP contribution in [0.15, 0.2) is 42.9 Å². The van der Waals surface area contributed by atoms with Gasteiger partial charge in [-0.3, -0.25) is 0 Å². The van der Waals surface area contributed by atoms with Gasteiger partial charge in [-0.15, -0.1) is 5.10 Å². The standard InChI is InChI=1S/C19H19ClN6S/c1-13-21-8-10-24(13)11-16-3-2-9-25(16)19-23-26-12-17(22-18(26)27-19)14-4-6-15(20)7-5-14/h4-8,10,12,16H,2-3,9,11H2,1H3. The van der Waals surface area contributed by atoms with Gasteiger partial charge in [0.1, 0.15) is 5.82 Å². The molecule has 0 N–H and O–H groups in total. The molecule has 0 saturated carbocycles. The fourth-order valence-corrected chi connectivity index (χ4v) is 4.77. The number of benzene rings is 1. The Hall–Kier alpha value is -2.38. The molecule has 1 unspecified atom stereocenters. The molecule has 0 spiro atoms. The van der Waals surface area contributed by atoms with Crippen molar-refractivity contribution in [3.05, 3.63) is 53.7 Å². The van der Waals surface area contributed by atoms with Crippen molar-refractivity contribution in [1.82, 2.24) is 24.1 Å². The highest BCUT2D eigenvalue weighted by Crippen LogP contribution is 2.32. The molecule has 8 heteroatoms. The molecule has 1 saturated heterocycles. The molecule has 0 bridgehead atoms. The van der Waals surface area contributed by atoms with Crippen molar-refractivity contribution in [2.45, 2.75) is 32.4 Å². The van der Waals surface area contributed by atoms with Gasteiger partial charge in [-0.2, -0.15) is 0 Å². The van der Waals surface area contributed by atoms with Gasteiger partial charge < -0.3 is 9.47 Å². The molecule has 6 nitrogen and oxygen atoms in total. The zero-order valence-electron chi connectivity index (χ0n) is 14.9. The van der Waals surface area contributed by atoms with Crippen LogP contribution in [0.1, 0.15) is 18.7 Å². The molecule has 0 aliphatic carbocycles. The number of imidazole rings is 2. The van der Waals surface area contributed by atoms with Crippen molar-refractivity contribution in [3.63, 3.8) is 0 Å². The van der Waals surface area contributed by atoms with E-state index in [-0.39, 0.29) is 0 Å². The topological polar surface area (TPSA) is 51.2 Å². The first-order valence-electron chi connectivity index (χ1n) is 9.04. The summed E-state index contributed by atoms with van der Waals surface area (Å²) in [6, 6.07) is 8.19. The maximum absolute atomic E-state index is 5.98. The fourth-order valence-electron chi connectivity index (χ4n) is 3.67. The third-order valence-electron chi connectivity index (χ3n) is 5.13. The normalized spacial score (nSPS) is 17.3. The molecule has 27 heavy (non-hydrogen) atoms.